The van der Waals surface area contributed by atoms with Crippen molar-refractivity contribution in [2.75, 3.05) is 19.8 Å². The maximum Gasteiger partial charge on any atom is 0.323 e. The average Bonchev–Trinajstić information content (AvgIpc) is 2.81. The van der Waals surface area contributed by atoms with Gasteiger partial charge in [0.15, 0.2) is 0 Å². The highest BCUT2D eigenvalue weighted by molar-refractivity contribution is 5.75. The topological polar surface area (TPSA) is 69.9 Å². The van der Waals surface area contributed by atoms with Crippen LogP contribution in [0.25, 0.3) is 11.0 Å². The van der Waals surface area contributed by atoms with Gasteiger partial charge in [-0.05, 0) is 44.0 Å². The Labute approximate surface area is 118 Å². The normalized spacial score (nSPS) is 12.9. The first kappa shape index (κ1) is 14.8. The van der Waals surface area contributed by atoms with Crippen LogP contribution in [0.4, 0.5) is 0 Å². The van der Waals surface area contributed by atoms with Crippen LogP contribution in [0, 0.1) is 0 Å². The van der Waals surface area contributed by atoms with Crippen LogP contribution in [0.1, 0.15) is 38.3 Å². The number of imidazole rings is 1. The minimum absolute atomic E-state index is 0.161. The molecule has 0 aliphatic rings. The lowest BCUT2D eigenvalue weighted by Gasteiger charge is -2.14. The molecule has 0 saturated heterocycles. The van der Waals surface area contributed by atoms with Crippen molar-refractivity contribution in [3.05, 3.63) is 34.2 Å². The molecule has 0 saturated carbocycles. The predicted octanol–water partition coefficient (Wildman–Crippen LogP) is 2.32. The van der Waals surface area contributed by atoms with E-state index in [1.54, 1.807) is 0 Å². The van der Waals surface area contributed by atoms with Crippen molar-refractivity contribution in [2.45, 2.75) is 32.7 Å². The lowest BCUT2D eigenvalue weighted by molar-refractivity contribution is 0.132. The van der Waals surface area contributed by atoms with Crippen LogP contribution in [-0.2, 0) is 4.74 Å². The highest BCUT2D eigenvalue weighted by Crippen LogP contribution is 2.16. The third-order valence-corrected chi connectivity index (χ3v) is 3.30. The van der Waals surface area contributed by atoms with Crippen LogP contribution in [0.3, 0.4) is 0 Å². The molecule has 0 aliphatic carbocycles. The summed E-state index contributed by atoms with van der Waals surface area (Å²) in [5.41, 5.74) is 2.71. The molecule has 110 valence electrons. The number of ether oxygens (including phenoxy) is 1. The second-order valence-corrected chi connectivity index (χ2v) is 5.03. The SMILES string of the molecule is CCCOCCCNC(C)c1ccc2[nH]c(=O)[nH]c2c1. The molecule has 0 aliphatic heterocycles. The van der Waals surface area contributed by atoms with E-state index in [2.05, 4.69) is 29.1 Å². The van der Waals surface area contributed by atoms with Crippen molar-refractivity contribution in [3.63, 3.8) is 0 Å². The molecule has 1 unspecified atom stereocenters. The first-order valence-electron chi connectivity index (χ1n) is 7.23. The van der Waals surface area contributed by atoms with Gasteiger partial charge in [0.2, 0.25) is 0 Å². The minimum atomic E-state index is -0.161. The first-order chi connectivity index (χ1) is 9.70. The van der Waals surface area contributed by atoms with Crippen LogP contribution in [0.15, 0.2) is 23.0 Å². The largest absolute Gasteiger partial charge is 0.381 e. The third kappa shape index (κ3) is 3.95. The summed E-state index contributed by atoms with van der Waals surface area (Å²) in [5.74, 6) is 0. The third-order valence-electron chi connectivity index (χ3n) is 3.30. The lowest BCUT2D eigenvalue weighted by Crippen LogP contribution is -2.21. The van der Waals surface area contributed by atoms with E-state index in [1.807, 2.05) is 18.2 Å². The molecule has 0 fully saturated rings. The Balaban J connectivity index is 1.84. The molecule has 0 bridgehead atoms. The number of hydrogen-bond donors (Lipinski definition) is 3. The number of aromatic nitrogens is 2. The number of hydrogen-bond acceptors (Lipinski definition) is 3. The Bertz CT molecular complexity index is 588. The zero-order chi connectivity index (χ0) is 14.4. The predicted molar refractivity (Wildman–Crippen MR) is 81.1 cm³/mol. The molecule has 2 rings (SSSR count). The highest BCUT2D eigenvalue weighted by Gasteiger charge is 2.06. The number of fused-ring (bicyclic) bond motifs is 1. The molecule has 1 atom stereocenters. The van der Waals surface area contributed by atoms with Gasteiger partial charge >= 0.3 is 5.69 Å². The molecule has 3 N–H and O–H groups in total. The smallest absolute Gasteiger partial charge is 0.323 e. The molecular weight excluding hydrogens is 254 g/mol. The monoisotopic (exact) mass is 277 g/mol. The van der Waals surface area contributed by atoms with Gasteiger partial charge in [-0.1, -0.05) is 13.0 Å². The molecule has 5 nitrogen and oxygen atoms in total. The first-order valence-corrected chi connectivity index (χ1v) is 7.23. The Hall–Kier alpha value is -1.59. The Morgan fingerprint density at radius 1 is 1.25 bits per heavy atom. The maximum atomic E-state index is 11.2. The zero-order valence-corrected chi connectivity index (χ0v) is 12.2. The van der Waals surface area contributed by atoms with Gasteiger partial charge < -0.3 is 20.0 Å². The molecule has 5 heteroatoms. The van der Waals surface area contributed by atoms with Crippen molar-refractivity contribution in [1.29, 1.82) is 0 Å². The van der Waals surface area contributed by atoms with Gasteiger partial charge in [-0.3, -0.25) is 0 Å². The van der Waals surface area contributed by atoms with E-state index in [-0.39, 0.29) is 11.7 Å². The quantitative estimate of drug-likeness (QED) is 0.649. The zero-order valence-electron chi connectivity index (χ0n) is 12.2. The summed E-state index contributed by atoms with van der Waals surface area (Å²) in [6.45, 7) is 6.80. The number of H-pyrrole nitrogens is 2. The fourth-order valence-corrected chi connectivity index (χ4v) is 2.18. The number of benzene rings is 1. The van der Waals surface area contributed by atoms with E-state index >= 15 is 0 Å². The van der Waals surface area contributed by atoms with Crippen molar-refractivity contribution >= 4 is 11.0 Å². The van der Waals surface area contributed by atoms with Crippen LogP contribution in [-0.4, -0.2) is 29.7 Å². The van der Waals surface area contributed by atoms with E-state index in [9.17, 15) is 4.79 Å². The highest BCUT2D eigenvalue weighted by atomic mass is 16.5. The van der Waals surface area contributed by atoms with Crippen molar-refractivity contribution in [2.24, 2.45) is 0 Å². The van der Waals surface area contributed by atoms with Crippen LogP contribution in [0.5, 0.6) is 0 Å². The van der Waals surface area contributed by atoms with Crippen LogP contribution >= 0.6 is 0 Å². The second-order valence-electron chi connectivity index (χ2n) is 5.03. The van der Waals surface area contributed by atoms with Gasteiger partial charge in [-0.2, -0.15) is 0 Å². The molecule has 0 amide bonds. The fourth-order valence-electron chi connectivity index (χ4n) is 2.18. The molecule has 1 aromatic heterocycles. The number of nitrogens with one attached hydrogen (secondary N) is 3. The van der Waals surface area contributed by atoms with Gasteiger partial charge in [0.05, 0.1) is 11.0 Å². The Morgan fingerprint density at radius 2 is 2.05 bits per heavy atom. The van der Waals surface area contributed by atoms with Gasteiger partial charge in [0.1, 0.15) is 0 Å². The van der Waals surface area contributed by atoms with Crippen LogP contribution < -0.4 is 11.0 Å². The summed E-state index contributed by atoms with van der Waals surface area (Å²) in [5, 5.41) is 3.47. The van der Waals surface area contributed by atoms with Crippen molar-refractivity contribution in [1.82, 2.24) is 15.3 Å². The summed E-state index contributed by atoms with van der Waals surface area (Å²) in [6.07, 6.45) is 2.08. The molecular formula is C15H23N3O2. The summed E-state index contributed by atoms with van der Waals surface area (Å²) >= 11 is 0. The van der Waals surface area contributed by atoms with Crippen LogP contribution in [0.2, 0.25) is 0 Å². The summed E-state index contributed by atoms with van der Waals surface area (Å²) in [7, 11) is 0. The molecule has 2 aromatic rings. The second kappa shape index (κ2) is 7.26. The van der Waals surface area contributed by atoms with Gasteiger partial charge in [-0.25, -0.2) is 4.79 Å². The average molecular weight is 277 g/mol. The molecule has 0 radical (unpaired) electrons. The van der Waals surface area contributed by atoms with E-state index in [4.69, 9.17) is 4.74 Å². The summed E-state index contributed by atoms with van der Waals surface area (Å²) in [6, 6.07) is 6.24. The van der Waals surface area contributed by atoms with Gasteiger partial charge in [-0.15, -0.1) is 0 Å². The number of aromatic amines is 2. The van der Waals surface area contributed by atoms with Gasteiger partial charge in [0, 0.05) is 19.3 Å². The molecule has 0 spiro atoms. The molecule has 1 heterocycles. The van der Waals surface area contributed by atoms with E-state index in [1.165, 1.54) is 5.56 Å². The van der Waals surface area contributed by atoms with Crippen molar-refractivity contribution < 1.29 is 4.74 Å². The fraction of sp³-hybridized carbons (Fsp3) is 0.533. The Kier molecular flexibility index (Phi) is 5.38. The van der Waals surface area contributed by atoms with Crippen molar-refractivity contribution in [3.8, 4) is 0 Å². The maximum absolute atomic E-state index is 11.2. The van der Waals surface area contributed by atoms with E-state index in [0.717, 1.165) is 43.6 Å². The summed E-state index contributed by atoms with van der Waals surface area (Å²) < 4.78 is 5.45. The standard InChI is InChI=1S/C15H23N3O2/c1-3-8-20-9-4-7-16-11(2)12-5-6-13-14(10-12)18-15(19)17-13/h5-6,10-11,16H,3-4,7-9H2,1-2H3,(H2,17,18,19). The number of rotatable bonds is 8. The Morgan fingerprint density at radius 3 is 2.85 bits per heavy atom. The summed E-state index contributed by atoms with van der Waals surface area (Å²) in [4.78, 5) is 16.8. The van der Waals surface area contributed by atoms with E-state index in [0.29, 0.717) is 0 Å². The van der Waals surface area contributed by atoms with E-state index < -0.39 is 0 Å². The minimum Gasteiger partial charge on any atom is -0.381 e. The molecule has 1 aromatic carbocycles. The molecule has 20 heavy (non-hydrogen) atoms. The lowest BCUT2D eigenvalue weighted by atomic mass is 10.1. The van der Waals surface area contributed by atoms with Gasteiger partial charge in [0.25, 0.3) is 0 Å².